The minimum absolute atomic E-state index is 0.0494. The van der Waals surface area contributed by atoms with Crippen molar-refractivity contribution in [1.82, 2.24) is 4.90 Å². The zero-order valence-corrected chi connectivity index (χ0v) is 11.3. The highest BCUT2D eigenvalue weighted by atomic mass is 16.2. The highest BCUT2D eigenvalue weighted by Crippen LogP contribution is 2.37. The molecule has 0 aromatic heterocycles. The van der Waals surface area contributed by atoms with Gasteiger partial charge in [-0.1, -0.05) is 33.1 Å². The summed E-state index contributed by atoms with van der Waals surface area (Å²) >= 11 is 0. The predicted molar refractivity (Wildman–Crippen MR) is 68.3 cm³/mol. The summed E-state index contributed by atoms with van der Waals surface area (Å²) in [5.74, 6) is 0.0494. The van der Waals surface area contributed by atoms with E-state index in [4.69, 9.17) is 0 Å². The van der Waals surface area contributed by atoms with Crippen molar-refractivity contribution in [2.24, 2.45) is 5.41 Å². The lowest BCUT2D eigenvalue weighted by Crippen LogP contribution is -2.46. The number of carbonyl (C=O) groups is 1. The van der Waals surface area contributed by atoms with Crippen LogP contribution in [-0.4, -0.2) is 23.9 Å². The van der Waals surface area contributed by atoms with E-state index in [-0.39, 0.29) is 11.9 Å². The Morgan fingerprint density at radius 2 is 1.82 bits per heavy atom. The van der Waals surface area contributed by atoms with Crippen LogP contribution in [0.4, 0.5) is 0 Å². The van der Waals surface area contributed by atoms with E-state index in [1.807, 2.05) is 11.9 Å². The van der Waals surface area contributed by atoms with Gasteiger partial charge in [0.05, 0.1) is 6.07 Å². The van der Waals surface area contributed by atoms with Crippen LogP contribution in [0.2, 0.25) is 0 Å². The second-order valence-electron chi connectivity index (χ2n) is 5.14. The van der Waals surface area contributed by atoms with Crippen LogP contribution in [0, 0.1) is 16.7 Å². The SMILES string of the molecule is CCC(CC)N(C)C(=O)C1(C#N)CCCCC1. The lowest BCUT2D eigenvalue weighted by atomic mass is 9.74. The van der Waals surface area contributed by atoms with E-state index in [0.717, 1.165) is 44.9 Å². The molecule has 0 saturated heterocycles. The molecule has 0 aliphatic heterocycles. The summed E-state index contributed by atoms with van der Waals surface area (Å²) in [7, 11) is 1.85. The average Bonchev–Trinajstić information content (AvgIpc) is 2.39. The molecule has 3 nitrogen and oxygen atoms in total. The highest BCUT2D eigenvalue weighted by Gasteiger charge is 2.42. The molecule has 1 rings (SSSR count). The molecule has 0 bridgehead atoms. The maximum Gasteiger partial charge on any atom is 0.243 e. The van der Waals surface area contributed by atoms with Gasteiger partial charge in [-0.25, -0.2) is 0 Å². The number of nitriles is 1. The van der Waals surface area contributed by atoms with Gasteiger partial charge in [-0.2, -0.15) is 5.26 Å². The second-order valence-corrected chi connectivity index (χ2v) is 5.14. The molecule has 1 fully saturated rings. The van der Waals surface area contributed by atoms with E-state index >= 15 is 0 Å². The lowest BCUT2D eigenvalue weighted by Gasteiger charge is -2.36. The maximum absolute atomic E-state index is 12.5. The molecule has 96 valence electrons. The summed E-state index contributed by atoms with van der Waals surface area (Å²) in [5.41, 5.74) is -0.727. The molecule has 0 heterocycles. The van der Waals surface area contributed by atoms with E-state index in [9.17, 15) is 10.1 Å². The van der Waals surface area contributed by atoms with Gasteiger partial charge < -0.3 is 4.90 Å². The molecule has 3 heteroatoms. The van der Waals surface area contributed by atoms with Gasteiger partial charge in [0.2, 0.25) is 5.91 Å². The molecule has 1 saturated carbocycles. The van der Waals surface area contributed by atoms with Crippen LogP contribution in [0.1, 0.15) is 58.8 Å². The zero-order valence-electron chi connectivity index (χ0n) is 11.3. The molecule has 1 aliphatic carbocycles. The molecule has 1 aliphatic rings. The number of hydrogen-bond donors (Lipinski definition) is 0. The first kappa shape index (κ1) is 14.0. The minimum atomic E-state index is -0.727. The van der Waals surface area contributed by atoms with Gasteiger partial charge in [-0.15, -0.1) is 0 Å². The molecule has 0 aromatic rings. The lowest BCUT2D eigenvalue weighted by molar-refractivity contribution is -0.141. The molecule has 1 amide bonds. The molecule has 0 unspecified atom stereocenters. The Morgan fingerprint density at radius 1 is 1.29 bits per heavy atom. The van der Waals surface area contributed by atoms with Gasteiger partial charge in [-0.3, -0.25) is 4.79 Å². The van der Waals surface area contributed by atoms with Crippen molar-refractivity contribution in [1.29, 1.82) is 5.26 Å². The fourth-order valence-corrected chi connectivity index (χ4v) is 2.87. The van der Waals surface area contributed by atoms with Crippen molar-refractivity contribution in [2.75, 3.05) is 7.05 Å². The van der Waals surface area contributed by atoms with Crippen LogP contribution in [0.25, 0.3) is 0 Å². The minimum Gasteiger partial charge on any atom is -0.341 e. The quantitative estimate of drug-likeness (QED) is 0.752. The van der Waals surface area contributed by atoms with Crippen LogP contribution in [0.3, 0.4) is 0 Å². The standard InChI is InChI=1S/C14H24N2O/c1-4-12(5-2)16(3)13(17)14(11-15)9-7-6-8-10-14/h12H,4-10H2,1-3H3. The van der Waals surface area contributed by atoms with Gasteiger partial charge in [-0.05, 0) is 25.7 Å². The first-order valence-electron chi connectivity index (χ1n) is 6.79. The third-order valence-corrected chi connectivity index (χ3v) is 4.14. The van der Waals surface area contributed by atoms with Gasteiger partial charge >= 0.3 is 0 Å². The van der Waals surface area contributed by atoms with Crippen molar-refractivity contribution in [2.45, 2.75) is 64.8 Å². The summed E-state index contributed by atoms with van der Waals surface area (Å²) in [6.07, 6.45) is 6.58. The number of amides is 1. The third kappa shape index (κ3) is 2.80. The van der Waals surface area contributed by atoms with E-state index in [0.29, 0.717) is 0 Å². The van der Waals surface area contributed by atoms with Crippen molar-refractivity contribution in [3.63, 3.8) is 0 Å². The zero-order chi connectivity index (χ0) is 12.9. The van der Waals surface area contributed by atoms with Gasteiger partial charge in [0, 0.05) is 13.1 Å². The predicted octanol–water partition coefficient (Wildman–Crippen LogP) is 3.11. The first-order chi connectivity index (χ1) is 8.11. The molecular formula is C14H24N2O. The van der Waals surface area contributed by atoms with E-state index in [2.05, 4.69) is 19.9 Å². The fraction of sp³-hybridized carbons (Fsp3) is 0.857. The van der Waals surface area contributed by atoms with Crippen LogP contribution >= 0.6 is 0 Å². The van der Waals surface area contributed by atoms with E-state index in [1.54, 1.807) is 0 Å². The van der Waals surface area contributed by atoms with Crippen LogP contribution in [0.15, 0.2) is 0 Å². The Labute approximate surface area is 105 Å². The monoisotopic (exact) mass is 236 g/mol. The van der Waals surface area contributed by atoms with Crippen LogP contribution < -0.4 is 0 Å². The molecule has 0 N–H and O–H groups in total. The smallest absolute Gasteiger partial charge is 0.243 e. The normalized spacial score (nSPS) is 18.8. The Bertz CT molecular complexity index is 296. The summed E-state index contributed by atoms with van der Waals surface area (Å²) in [6.45, 7) is 4.19. The van der Waals surface area contributed by atoms with Crippen molar-refractivity contribution < 1.29 is 4.79 Å². The van der Waals surface area contributed by atoms with Gasteiger partial charge in [0.1, 0.15) is 5.41 Å². The average molecular weight is 236 g/mol. The van der Waals surface area contributed by atoms with Gasteiger partial charge in [0.15, 0.2) is 0 Å². The first-order valence-corrected chi connectivity index (χ1v) is 6.79. The second kappa shape index (κ2) is 6.05. The summed E-state index contributed by atoms with van der Waals surface area (Å²) in [4.78, 5) is 14.3. The van der Waals surface area contributed by atoms with E-state index in [1.165, 1.54) is 0 Å². The topological polar surface area (TPSA) is 44.1 Å². The number of hydrogen-bond acceptors (Lipinski definition) is 2. The molecule has 0 radical (unpaired) electrons. The fourth-order valence-electron chi connectivity index (χ4n) is 2.87. The Hall–Kier alpha value is -1.04. The van der Waals surface area contributed by atoms with E-state index < -0.39 is 5.41 Å². The molecule has 0 aromatic carbocycles. The Balaban J connectivity index is 2.82. The third-order valence-electron chi connectivity index (χ3n) is 4.14. The van der Waals surface area contributed by atoms with Gasteiger partial charge in [0.25, 0.3) is 0 Å². The Morgan fingerprint density at radius 3 is 2.24 bits per heavy atom. The highest BCUT2D eigenvalue weighted by molar-refractivity contribution is 5.85. The molecule has 17 heavy (non-hydrogen) atoms. The summed E-state index contributed by atoms with van der Waals surface area (Å²) < 4.78 is 0. The molecular weight excluding hydrogens is 212 g/mol. The van der Waals surface area contributed by atoms with Crippen molar-refractivity contribution in [3.05, 3.63) is 0 Å². The van der Waals surface area contributed by atoms with Crippen molar-refractivity contribution >= 4 is 5.91 Å². The Kier molecular flexibility index (Phi) is 4.99. The molecule has 0 atom stereocenters. The van der Waals surface area contributed by atoms with Crippen LogP contribution in [-0.2, 0) is 4.79 Å². The number of rotatable bonds is 4. The number of nitrogens with zero attached hydrogens (tertiary/aromatic N) is 2. The van der Waals surface area contributed by atoms with Crippen LogP contribution in [0.5, 0.6) is 0 Å². The maximum atomic E-state index is 12.5. The number of carbonyl (C=O) groups excluding carboxylic acids is 1. The largest absolute Gasteiger partial charge is 0.341 e. The summed E-state index contributed by atoms with van der Waals surface area (Å²) in [5, 5.41) is 9.39. The molecule has 0 spiro atoms. The van der Waals surface area contributed by atoms with Crippen molar-refractivity contribution in [3.8, 4) is 6.07 Å². The summed E-state index contributed by atoms with van der Waals surface area (Å²) in [6, 6.07) is 2.58.